The van der Waals surface area contributed by atoms with Gasteiger partial charge in [-0.1, -0.05) is 20.8 Å². The molecule has 2 rings (SSSR count). The number of hydrogen-bond acceptors (Lipinski definition) is 4. The van der Waals surface area contributed by atoms with E-state index < -0.39 is 0 Å². The molecular weight excluding hydrogens is 282 g/mol. The van der Waals surface area contributed by atoms with Crippen LogP contribution in [0.2, 0.25) is 0 Å². The van der Waals surface area contributed by atoms with E-state index in [0.717, 1.165) is 30.4 Å². The van der Waals surface area contributed by atoms with E-state index in [9.17, 15) is 4.79 Å². The van der Waals surface area contributed by atoms with Gasteiger partial charge in [-0.05, 0) is 36.3 Å². The third-order valence-electron chi connectivity index (χ3n) is 4.59. The van der Waals surface area contributed by atoms with E-state index in [-0.39, 0.29) is 5.56 Å². The maximum atomic E-state index is 12.3. The van der Waals surface area contributed by atoms with Crippen LogP contribution in [0.5, 0.6) is 0 Å². The molecule has 1 aromatic heterocycles. The number of anilines is 1. The van der Waals surface area contributed by atoms with Gasteiger partial charge < -0.3 is 4.90 Å². The van der Waals surface area contributed by atoms with Crippen molar-refractivity contribution < 1.29 is 0 Å². The van der Waals surface area contributed by atoms with Crippen molar-refractivity contribution in [1.29, 1.82) is 0 Å². The lowest BCUT2D eigenvalue weighted by Crippen LogP contribution is -2.35. The van der Waals surface area contributed by atoms with Crippen molar-refractivity contribution in [3.05, 3.63) is 22.6 Å². The van der Waals surface area contributed by atoms with Gasteiger partial charge in [0.15, 0.2) is 0 Å². The number of piperidine rings is 1. The summed E-state index contributed by atoms with van der Waals surface area (Å²) in [6.07, 6.45) is 4.23. The van der Waals surface area contributed by atoms with Crippen molar-refractivity contribution in [2.45, 2.75) is 40.2 Å². The highest BCUT2D eigenvalue weighted by molar-refractivity contribution is 7.80. The van der Waals surface area contributed by atoms with Crippen LogP contribution in [-0.2, 0) is 6.54 Å². The molecule has 1 saturated heterocycles. The second-order valence-electron chi connectivity index (χ2n) is 6.59. The Kier molecular flexibility index (Phi) is 5.73. The minimum absolute atomic E-state index is 0.00134. The van der Waals surface area contributed by atoms with Crippen LogP contribution in [0.25, 0.3) is 0 Å². The molecule has 1 unspecified atom stereocenters. The molecule has 4 nitrogen and oxygen atoms in total. The summed E-state index contributed by atoms with van der Waals surface area (Å²) in [4.78, 5) is 14.5. The van der Waals surface area contributed by atoms with Gasteiger partial charge in [-0.25, -0.2) is 4.68 Å². The number of hydrogen-bond donors (Lipinski definition) is 1. The number of rotatable bonds is 5. The molecule has 1 aromatic rings. The number of nitrogens with zero attached hydrogens (tertiary/aromatic N) is 3. The van der Waals surface area contributed by atoms with Crippen molar-refractivity contribution in [1.82, 2.24) is 9.78 Å². The second-order valence-corrected chi connectivity index (χ2v) is 6.96. The molecule has 1 aliphatic heterocycles. The molecule has 2 heterocycles. The Morgan fingerprint density at radius 3 is 2.57 bits per heavy atom. The minimum atomic E-state index is -0.00134. The Hall–Kier alpha value is -0.970. The molecule has 0 spiro atoms. The van der Waals surface area contributed by atoms with Crippen LogP contribution in [0.3, 0.4) is 0 Å². The van der Waals surface area contributed by atoms with E-state index >= 15 is 0 Å². The minimum Gasteiger partial charge on any atom is -0.370 e. The summed E-state index contributed by atoms with van der Waals surface area (Å²) in [6.45, 7) is 9.31. The molecule has 5 heteroatoms. The molecule has 1 aliphatic rings. The van der Waals surface area contributed by atoms with Gasteiger partial charge in [-0.15, -0.1) is 0 Å². The summed E-state index contributed by atoms with van der Waals surface area (Å²) in [5.74, 6) is 2.44. The Balaban J connectivity index is 2.09. The molecule has 1 atom stereocenters. The Morgan fingerprint density at radius 2 is 2.05 bits per heavy atom. The van der Waals surface area contributed by atoms with E-state index in [1.165, 1.54) is 12.8 Å². The van der Waals surface area contributed by atoms with Gasteiger partial charge in [0, 0.05) is 25.7 Å². The zero-order valence-electron chi connectivity index (χ0n) is 13.3. The fraction of sp³-hybridized carbons (Fsp3) is 0.750. The molecule has 118 valence electrons. The van der Waals surface area contributed by atoms with Crippen LogP contribution < -0.4 is 10.5 Å². The molecule has 0 saturated carbocycles. The lowest BCUT2D eigenvalue weighted by atomic mass is 9.98. The normalized spacial score (nSPS) is 18.2. The maximum absolute atomic E-state index is 12.3. The SMILES string of the molecule is CC1CCN(c2cnn(CC(CS)C(C)C)c(=O)c2)CC1. The van der Waals surface area contributed by atoms with Crippen LogP contribution in [-0.4, -0.2) is 28.6 Å². The van der Waals surface area contributed by atoms with Gasteiger partial charge in [-0.3, -0.25) is 4.79 Å². The second kappa shape index (κ2) is 7.34. The molecular formula is C16H27N3OS. The highest BCUT2D eigenvalue weighted by atomic mass is 32.1. The molecule has 0 N–H and O–H groups in total. The number of aromatic nitrogens is 2. The van der Waals surface area contributed by atoms with Crippen LogP contribution in [0.15, 0.2) is 17.1 Å². The average molecular weight is 309 g/mol. The van der Waals surface area contributed by atoms with E-state index in [2.05, 4.69) is 43.4 Å². The largest absolute Gasteiger partial charge is 0.370 e. The van der Waals surface area contributed by atoms with E-state index in [0.29, 0.717) is 18.4 Å². The predicted octanol–water partition coefficient (Wildman–Crippen LogP) is 2.68. The van der Waals surface area contributed by atoms with Gasteiger partial charge in [0.1, 0.15) is 0 Å². The lowest BCUT2D eigenvalue weighted by Gasteiger charge is -2.31. The Labute approximate surface area is 132 Å². The van der Waals surface area contributed by atoms with Crippen molar-refractivity contribution >= 4 is 18.3 Å². The monoisotopic (exact) mass is 309 g/mol. The van der Waals surface area contributed by atoms with Crippen LogP contribution in [0.4, 0.5) is 5.69 Å². The van der Waals surface area contributed by atoms with E-state index in [4.69, 9.17) is 0 Å². The molecule has 1 fully saturated rings. The summed E-state index contributed by atoms with van der Waals surface area (Å²) in [5, 5.41) is 4.37. The first-order chi connectivity index (χ1) is 10.0. The van der Waals surface area contributed by atoms with Gasteiger partial charge in [0.05, 0.1) is 11.9 Å². The fourth-order valence-electron chi connectivity index (χ4n) is 2.70. The maximum Gasteiger partial charge on any atom is 0.268 e. The van der Waals surface area contributed by atoms with Crippen molar-refractivity contribution in [3.8, 4) is 0 Å². The molecule has 0 amide bonds. The van der Waals surface area contributed by atoms with Crippen LogP contribution in [0, 0.1) is 17.8 Å². The average Bonchev–Trinajstić information content (AvgIpc) is 2.46. The quantitative estimate of drug-likeness (QED) is 0.850. The first-order valence-corrected chi connectivity index (χ1v) is 8.57. The highest BCUT2D eigenvalue weighted by Crippen LogP contribution is 2.21. The van der Waals surface area contributed by atoms with Crippen molar-refractivity contribution in [2.75, 3.05) is 23.7 Å². The van der Waals surface area contributed by atoms with Gasteiger partial charge in [-0.2, -0.15) is 17.7 Å². The zero-order valence-corrected chi connectivity index (χ0v) is 14.2. The van der Waals surface area contributed by atoms with E-state index in [1.807, 2.05) is 6.20 Å². The van der Waals surface area contributed by atoms with Crippen LogP contribution in [0.1, 0.15) is 33.6 Å². The number of thiol groups is 1. The van der Waals surface area contributed by atoms with Gasteiger partial charge in [0.25, 0.3) is 5.56 Å². The molecule has 0 aliphatic carbocycles. The van der Waals surface area contributed by atoms with Crippen LogP contribution >= 0.6 is 12.6 Å². The topological polar surface area (TPSA) is 38.1 Å². The summed E-state index contributed by atoms with van der Waals surface area (Å²) < 4.78 is 1.58. The molecule has 21 heavy (non-hydrogen) atoms. The molecule has 0 radical (unpaired) electrons. The standard InChI is InChI=1S/C16H27N3OS/c1-12(2)14(11-21)10-19-16(20)8-15(9-17-19)18-6-4-13(3)5-7-18/h8-9,12-14,21H,4-7,10-11H2,1-3H3. The summed E-state index contributed by atoms with van der Waals surface area (Å²) >= 11 is 4.38. The van der Waals surface area contributed by atoms with E-state index in [1.54, 1.807) is 10.7 Å². The summed E-state index contributed by atoms with van der Waals surface area (Å²) in [7, 11) is 0. The summed E-state index contributed by atoms with van der Waals surface area (Å²) in [5.41, 5.74) is 0.966. The predicted molar refractivity (Wildman–Crippen MR) is 91.3 cm³/mol. The third kappa shape index (κ3) is 4.25. The first kappa shape index (κ1) is 16.4. The smallest absolute Gasteiger partial charge is 0.268 e. The highest BCUT2D eigenvalue weighted by Gasteiger charge is 2.18. The zero-order chi connectivity index (χ0) is 15.4. The lowest BCUT2D eigenvalue weighted by molar-refractivity contribution is 0.347. The van der Waals surface area contributed by atoms with Crippen molar-refractivity contribution in [2.24, 2.45) is 17.8 Å². The van der Waals surface area contributed by atoms with Gasteiger partial charge >= 0.3 is 0 Å². The van der Waals surface area contributed by atoms with Crippen molar-refractivity contribution in [3.63, 3.8) is 0 Å². The molecule has 0 aromatic carbocycles. The van der Waals surface area contributed by atoms with Gasteiger partial charge in [0.2, 0.25) is 0 Å². The third-order valence-corrected chi connectivity index (χ3v) is 5.06. The fourth-order valence-corrected chi connectivity index (χ4v) is 3.24. The molecule has 0 bridgehead atoms. The first-order valence-electron chi connectivity index (χ1n) is 7.94. The Bertz CT molecular complexity index is 506. The Morgan fingerprint density at radius 1 is 1.38 bits per heavy atom. The summed E-state index contributed by atoms with van der Waals surface area (Å²) in [6, 6.07) is 1.74.